The van der Waals surface area contributed by atoms with Crippen LogP contribution in [0.1, 0.15) is 173 Å². The normalized spacial score (nSPS) is 20.5. The highest BCUT2D eigenvalue weighted by molar-refractivity contribution is 6.31. The summed E-state index contributed by atoms with van der Waals surface area (Å²) >= 11 is 12.1. The lowest BCUT2D eigenvalue weighted by Gasteiger charge is -2.33. The molecule has 11 rings (SSSR count). The minimum absolute atomic E-state index is 0.0204. The van der Waals surface area contributed by atoms with Crippen LogP contribution in [0, 0.1) is 18.8 Å². The van der Waals surface area contributed by atoms with Crippen molar-refractivity contribution in [1.82, 2.24) is 56.4 Å². The fourth-order valence-electron chi connectivity index (χ4n) is 15.4. The number of nitrogens with one attached hydrogen (secondary N) is 6. The number of hydrogen-bond donors (Lipinski definition) is 7. The number of amides is 6. The van der Waals surface area contributed by atoms with Crippen LogP contribution in [-0.4, -0.2) is 201 Å². The molecule has 0 unspecified atom stereocenters. The quantitative estimate of drug-likeness (QED) is 0.0210. The summed E-state index contributed by atoms with van der Waals surface area (Å²) in [5, 5.41) is 23.3. The van der Waals surface area contributed by atoms with Crippen molar-refractivity contribution in [3.05, 3.63) is 195 Å². The molecule has 0 aliphatic carbocycles. The number of halogens is 2. The van der Waals surface area contributed by atoms with Crippen molar-refractivity contribution in [3.63, 3.8) is 0 Å². The molecule has 8 N–H and O–H groups in total. The van der Waals surface area contributed by atoms with Crippen molar-refractivity contribution in [2.75, 3.05) is 105 Å². The molecule has 0 aromatic heterocycles. The van der Waals surface area contributed by atoms with Crippen molar-refractivity contribution in [3.8, 4) is 0 Å². The first-order valence-electron chi connectivity index (χ1n) is 39.9. The van der Waals surface area contributed by atoms with Gasteiger partial charge in [0.05, 0.1) is 18.1 Å². The van der Waals surface area contributed by atoms with E-state index in [2.05, 4.69) is 134 Å². The SMILES string of the molecule is CCC(CC)CN1CC[C@@H](CNC(=O)/C=C/c2ccc(Cl)cc2)N[C@@H](CN2CCCCC2)C1=O.CCC(CC)CN1CC[C@@H](CNC(=O)c2ccc(C)c(Cl)c2)N[C@@H](CCN)C1=O.O=C(NCC[C@@H]1CCN(CC(c2ccccc2)c2ccccc2)C(=O)[C@H](CCN2CCCC2)N1)c1ccc2ccccc2c1. The summed E-state index contributed by atoms with van der Waals surface area (Å²) in [6, 6.07) is 47.2. The Bertz CT molecular complexity index is 3720. The Labute approximate surface area is 647 Å². The van der Waals surface area contributed by atoms with E-state index in [9.17, 15) is 28.8 Å². The van der Waals surface area contributed by atoms with Gasteiger partial charge in [0, 0.05) is 123 Å². The number of carbonyl (C=O) groups excluding carboxylic acids is 6. The Morgan fingerprint density at radius 2 is 1.01 bits per heavy atom. The summed E-state index contributed by atoms with van der Waals surface area (Å²) in [5.74, 6) is 1.36. The molecule has 578 valence electrons. The van der Waals surface area contributed by atoms with Gasteiger partial charge in [-0.1, -0.05) is 192 Å². The van der Waals surface area contributed by atoms with Gasteiger partial charge in [0.15, 0.2) is 0 Å². The van der Waals surface area contributed by atoms with Crippen molar-refractivity contribution in [2.45, 2.75) is 173 Å². The van der Waals surface area contributed by atoms with Crippen molar-refractivity contribution in [1.29, 1.82) is 0 Å². The smallest absolute Gasteiger partial charge is 0.251 e. The molecule has 0 saturated carbocycles. The van der Waals surface area contributed by atoms with Crippen LogP contribution in [0.3, 0.4) is 0 Å². The topological polar surface area (TPSA) is 217 Å². The number of piperidine rings is 1. The highest BCUT2D eigenvalue weighted by Crippen LogP contribution is 2.29. The number of rotatable bonds is 30. The van der Waals surface area contributed by atoms with E-state index in [1.807, 2.05) is 90.7 Å². The zero-order valence-electron chi connectivity index (χ0n) is 64.1. The molecule has 0 spiro atoms. The lowest BCUT2D eigenvalue weighted by Crippen LogP contribution is -2.54. The Kier molecular flexibility index (Phi) is 34.5. The molecule has 107 heavy (non-hydrogen) atoms. The molecule has 5 aliphatic heterocycles. The fraction of sp³-hybridized carbons (Fsp3) is 0.517. The summed E-state index contributed by atoms with van der Waals surface area (Å²) < 4.78 is 0. The average Bonchev–Trinajstić information content (AvgIpc) is 1.82. The zero-order chi connectivity index (χ0) is 75.9. The monoisotopic (exact) mass is 1500 g/mol. The molecule has 5 saturated heterocycles. The van der Waals surface area contributed by atoms with E-state index in [0.717, 1.165) is 139 Å². The van der Waals surface area contributed by atoms with Crippen LogP contribution in [-0.2, 0) is 19.2 Å². The molecular weight excluding hydrogens is 1380 g/mol. The Hall–Kier alpha value is -7.52. The van der Waals surface area contributed by atoms with Gasteiger partial charge in [0.2, 0.25) is 23.6 Å². The third-order valence-electron chi connectivity index (χ3n) is 22.3. The van der Waals surface area contributed by atoms with Gasteiger partial charge < -0.3 is 62.1 Å². The Balaban J connectivity index is 0.000000190. The second-order valence-corrected chi connectivity index (χ2v) is 30.7. The van der Waals surface area contributed by atoms with Gasteiger partial charge in [-0.3, -0.25) is 28.8 Å². The van der Waals surface area contributed by atoms with E-state index in [1.165, 1.54) is 43.2 Å². The second-order valence-electron chi connectivity index (χ2n) is 29.9. The van der Waals surface area contributed by atoms with E-state index < -0.39 is 0 Å². The number of fused-ring (bicyclic) bond motifs is 1. The zero-order valence-corrected chi connectivity index (χ0v) is 65.7. The summed E-state index contributed by atoms with van der Waals surface area (Å²) in [5.41, 5.74) is 11.3. The van der Waals surface area contributed by atoms with E-state index in [0.29, 0.717) is 85.2 Å². The third-order valence-corrected chi connectivity index (χ3v) is 22.9. The summed E-state index contributed by atoms with van der Waals surface area (Å²) in [6.07, 6.45) is 18.5. The van der Waals surface area contributed by atoms with Crippen LogP contribution in [0.5, 0.6) is 0 Å². The van der Waals surface area contributed by atoms with Crippen LogP contribution in [0.25, 0.3) is 16.8 Å². The van der Waals surface area contributed by atoms with E-state index in [1.54, 1.807) is 24.3 Å². The Morgan fingerprint density at radius 3 is 1.61 bits per heavy atom. The average molecular weight is 1500 g/mol. The van der Waals surface area contributed by atoms with Gasteiger partial charge in [-0.2, -0.15) is 0 Å². The predicted molar refractivity (Wildman–Crippen MR) is 436 cm³/mol. The van der Waals surface area contributed by atoms with Crippen molar-refractivity contribution in [2.24, 2.45) is 17.6 Å². The molecule has 18 nitrogen and oxygen atoms in total. The highest BCUT2D eigenvalue weighted by Gasteiger charge is 2.36. The van der Waals surface area contributed by atoms with Crippen molar-refractivity contribution < 1.29 is 28.8 Å². The minimum atomic E-state index is -0.299. The first-order valence-corrected chi connectivity index (χ1v) is 40.7. The maximum atomic E-state index is 14.1. The number of nitrogens with zero attached hydrogens (tertiary/aromatic N) is 5. The van der Waals surface area contributed by atoms with Gasteiger partial charge in [0.25, 0.3) is 11.8 Å². The molecule has 5 heterocycles. The van der Waals surface area contributed by atoms with Crippen LogP contribution < -0.4 is 37.6 Å². The minimum Gasteiger partial charge on any atom is -0.352 e. The molecule has 5 aliphatic rings. The predicted octanol–water partition coefficient (Wildman–Crippen LogP) is 12.5. The molecule has 0 radical (unpaired) electrons. The number of hydrogen-bond acceptors (Lipinski definition) is 12. The first-order chi connectivity index (χ1) is 52.0. The summed E-state index contributed by atoms with van der Waals surface area (Å²) in [4.78, 5) is 89.6. The third kappa shape index (κ3) is 26.4. The number of carbonyl (C=O) groups is 6. The van der Waals surface area contributed by atoms with E-state index in [4.69, 9.17) is 28.9 Å². The lowest BCUT2D eigenvalue weighted by molar-refractivity contribution is -0.134. The van der Waals surface area contributed by atoms with Gasteiger partial charge in [-0.15, -0.1) is 0 Å². The van der Waals surface area contributed by atoms with Gasteiger partial charge in [-0.05, 0) is 191 Å². The van der Waals surface area contributed by atoms with E-state index >= 15 is 0 Å². The van der Waals surface area contributed by atoms with Crippen LogP contribution in [0.4, 0.5) is 0 Å². The number of benzene rings is 6. The molecular formula is C87H120Cl2N12O6. The maximum absolute atomic E-state index is 14.1. The van der Waals surface area contributed by atoms with Crippen LogP contribution >= 0.6 is 23.2 Å². The molecule has 6 aromatic rings. The second kappa shape index (κ2) is 44.2. The molecule has 5 fully saturated rings. The van der Waals surface area contributed by atoms with E-state index in [-0.39, 0.29) is 77.6 Å². The molecule has 0 bridgehead atoms. The standard InChI is InChI=1S/C38H44N4O2.C27H41ClN4O2.C22H35ClN4O2/c43-37(33-18-17-29-11-7-8-16-32(29)27-33)39-22-19-34-20-26-42(38(44)36(40-34)21-25-41-23-9-10-24-41)28-35(30-12-3-1-4-13-30)31-14-5-2-6-15-31;1-3-21(4-2)19-32-17-14-24(30-25(27(32)34)20-31-15-6-5-7-16-31)18-29-26(33)13-10-22-8-11-23(28)12-9-22;1-4-16(5-2)14-27-11-9-18(26-20(8-10-24)22(27)29)13-25-21(28)17-7-6-15(3)19(23)12-17/h1-8,11-18,27,34-36,40H,9-10,19-26,28H2,(H,39,43);8-13,21,24-25,30H,3-7,14-20H2,1-2H3,(H,29,33);6-7,12,16,18,20,26H,4-5,8-11,13-14,24H2,1-3H3,(H,25,28)/b;13-10+;/t34-,36+;24-,25-;18-,20-/m100/s1. The molecule has 6 aromatic carbocycles. The molecule has 6 amide bonds. The Morgan fingerprint density at radius 1 is 0.514 bits per heavy atom. The largest absolute Gasteiger partial charge is 0.352 e. The number of nitrogens with two attached hydrogens (primary N) is 1. The summed E-state index contributed by atoms with van der Waals surface area (Å²) in [6.45, 7) is 23.1. The van der Waals surface area contributed by atoms with Crippen LogP contribution in [0.15, 0.2) is 152 Å². The highest BCUT2D eigenvalue weighted by atomic mass is 35.5. The summed E-state index contributed by atoms with van der Waals surface area (Å²) in [7, 11) is 0. The number of aryl methyl sites for hydroxylation is 1. The fourth-order valence-corrected chi connectivity index (χ4v) is 15.7. The lowest BCUT2D eigenvalue weighted by atomic mass is 9.90. The molecule has 6 atom stereocenters. The van der Waals surface area contributed by atoms with Gasteiger partial charge in [0.1, 0.15) is 0 Å². The number of likely N-dealkylation sites (tertiary alicyclic amines) is 2. The van der Waals surface area contributed by atoms with Gasteiger partial charge in [-0.25, -0.2) is 0 Å². The van der Waals surface area contributed by atoms with Crippen molar-refractivity contribution >= 4 is 75.5 Å². The van der Waals surface area contributed by atoms with Gasteiger partial charge >= 0.3 is 0 Å². The molecule has 20 heteroatoms. The first kappa shape index (κ1) is 83.5. The van der Waals surface area contributed by atoms with Crippen LogP contribution in [0.2, 0.25) is 10.0 Å². The maximum Gasteiger partial charge on any atom is 0.251 e.